The maximum atomic E-state index is 12.7. The molecule has 0 unspecified atom stereocenters. The molecule has 1 aromatic carbocycles. The number of likely N-dealkylation sites (tertiary alicyclic amines) is 1. The molecule has 0 bridgehead atoms. The SMILES string of the molecule is NCC1CCN(CCCCOc2ccc(F)cc2)CC1. The molecule has 2 N–H and O–H groups in total. The lowest BCUT2D eigenvalue weighted by atomic mass is 9.97. The first-order chi connectivity index (χ1) is 9.78. The molecule has 1 fully saturated rings. The number of unbranched alkanes of at least 4 members (excludes halogenated alkanes) is 1. The van der Waals surface area contributed by atoms with Crippen molar-refractivity contribution < 1.29 is 9.13 Å². The molecule has 0 amide bonds. The Morgan fingerprint density at radius 3 is 2.50 bits per heavy atom. The Morgan fingerprint density at radius 1 is 1.15 bits per heavy atom. The molecule has 1 heterocycles. The molecule has 20 heavy (non-hydrogen) atoms. The summed E-state index contributed by atoms with van der Waals surface area (Å²) in [6.45, 7) is 5.04. The van der Waals surface area contributed by atoms with Crippen LogP contribution < -0.4 is 10.5 Å². The summed E-state index contributed by atoms with van der Waals surface area (Å²) < 4.78 is 18.3. The Bertz CT molecular complexity index is 375. The van der Waals surface area contributed by atoms with Gasteiger partial charge in [-0.3, -0.25) is 0 Å². The lowest BCUT2D eigenvalue weighted by molar-refractivity contribution is 0.180. The highest BCUT2D eigenvalue weighted by Gasteiger charge is 2.17. The van der Waals surface area contributed by atoms with Crippen LogP contribution in [0.5, 0.6) is 5.75 Å². The van der Waals surface area contributed by atoms with Gasteiger partial charge in [0.2, 0.25) is 0 Å². The number of nitrogens with two attached hydrogens (primary N) is 1. The van der Waals surface area contributed by atoms with Crippen molar-refractivity contribution in [2.45, 2.75) is 25.7 Å². The molecular formula is C16H25FN2O. The number of rotatable bonds is 7. The van der Waals surface area contributed by atoms with Crippen molar-refractivity contribution in [1.29, 1.82) is 0 Å². The van der Waals surface area contributed by atoms with Gasteiger partial charge in [-0.2, -0.15) is 0 Å². The zero-order valence-corrected chi connectivity index (χ0v) is 12.1. The van der Waals surface area contributed by atoms with Crippen LogP contribution in [0.25, 0.3) is 0 Å². The Labute approximate surface area is 120 Å². The summed E-state index contributed by atoms with van der Waals surface area (Å²) in [5.41, 5.74) is 5.69. The van der Waals surface area contributed by atoms with Crippen molar-refractivity contribution in [3.05, 3.63) is 30.1 Å². The van der Waals surface area contributed by atoms with Crippen LogP contribution in [0.1, 0.15) is 25.7 Å². The van der Waals surface area contributed by atoms with Crippen LogP contribution in [0, 0.1) is 11.7 Å². The first-order valence-corrected chi connectivity index (χ1v) is 7.58. The van der Waals surface area contributed by atoms with Crippen molar-refractivity contribution in [3.63, 3.8) is 0 Å². The Morgan fingerprint density at radius 2 is 1.85 bits per heavy atom. The van der Waals surface area contributed by atoms with Gasteiger partial charge in [0, 0.05) is 0 Å². The zero-order chi connectivity index (χ0) is 14.2. The molecule has 1 aliphatic rings. The number of hydrogen-bond acceptors (Lipinski definition) is 3. The predicted molar refractivity (Wildman–Crippen MR) is 79.3 cm³/mol. The van der Waals surface area contributed by atoms with Crippen LogP contribution in [-0.4, -0.2) is 37.7 Å². The number of nitrogens with zero attached hydrogens (tertiary/aromatic N) is 1. The molecule has 2 rings (SSSR count). The fourth-order valence-electron chi connectivity index (χ4n) is 2.60. The van der Waals surface area contributed by atoms with Crippen molar-refractivity contribution in [3.8, 4) is 5.75 Å². The molecule has 0 radical (unpaired) electrons. The van der Waals surface area contributed by atoms with E-state index in [1.807, 2.05) is 0 Å². The van der Waals surface area contributed by atoms with E-state index in [1.165, 1.54) is 38.1 Å². The van der Waals surface area contributed by atoms with Crippen molar-refractivity contribution in [2.24, 2.45) is 11.7 Å². The van der Waals surface area contributed by atoms with E-state index in [4.69, 9.17) is 10.5 Å². The first-order valence-electron chi connectivity index (χ1n) is 7.58. The van der Waals surface area contributed by atoms with E-state index in [2.05, 4.69) is 4.90 Å². The quantitative estimate of drug-likeness (QED) is 0.780. The molecule has 0 saturated carbocycles. The maximum absolute atomic E-state index is 12.7. The number of halogens is 1. The minimum atomic E-state index is -0.224. The third-order valence-corrected chi connectivity index (χ3v) is 3.99. The average Bonchev–Trinajstić information content (AvgIpc) is 2.49. The molecule has 0 spiro atoms. The summed E-state index contributed by atoms with van der Waals surface area (Å²) in [5.74, 6) is 1.25. The smallest absolute Gasteiger partial charge is 0.123 e. The highest BCUT2D eigenvalue weighted by Crippen LogP contribution is 2.16. The number of benzene rings is 1. The van der Waals surface area contributed by atoms with Crippen molar-refractivity contribution in [1.82, 2.24) is 4.90 Å². The summed E-state index contributed by atoms with van der Waals surface area (Å²) in [6, 6.07) is 6.20. The van der Waals surface area contributed by atoms with Gasteiger partial charge in [0.25, 0.3) is 0 Å². The van der Waals surface area contributed by atoms with Crippen LogP contribution in [0.4, 0.5) is 4.39 Å². The lowest BCUT2D eigenvalue weighted by Gasteiger charge is -2.31. The first kappa shape index (κ1) is 15.3. The Balaban J connectivity index is 1.52. The topological polar surface area (TPSA) is 38.5 Å². The van der Waals surface area contributed by atoms with E-state index in [0.29, 0.717) is 6.61 Å². The van der Waals surface area contributed by atoms with Gasteiger partial charge in [-0.05, 0) is 82.0 Å². The van der Waals surface area contributed by atoms with Crippen LogP contribution in [0.15, 0.2) is 24.3 Å². The second-order valence-electron chi connectivity index (χ2n) is 5.53. The van der Waals surface area contributed by atoms with Gasteiger partial charge in [-0.1, -0.05) is 0 Å². The fraction of sp³-hybridized carbons (Fsp3) is 0.625. The molecule has 0 aliphatic carbocycles. The van der Waals surface area contributed by atoms with Gasteiger partial charge >= 0.3 is 0 Å². The van der Waals surface area contributed by atoms with Crippen molar-refractivity contribution >= 4 is 0 Å². The highest BCUT2D eigenvalue weighted by atomic mass is 19.1. The van der Waals surface area contributed by atoms with Gasteiger partial charge in [0.15, 0.2) is 0 Å². The van der Waals surface area contributed by atoms with Crippen LogP contribution >= 0.6 is 0 Å². The molecule has 1 saturated heterocycles. The molecule has 4 heteroatoms. The third-order valence-electron chi connectivity index (χ3n) is 3.99. The van der Waals surface area contributed by atoms with Gasteiger partial charge in [0.05, 0.1) is 6.61 Å². The van der Waals surface area contributed by atoms with E-state index in [-0.39, 0.29) is 5.82 Å². The fourth-order valence-corrected chi connectivity index (χ4v) is 2.60. The second-order valence-corrected chi connectivity index (χ2v) is 5.53. The van der Waals surface area contributed by atoms with Crippen LogP contribution in [0.3, 0.4) is 0 Å². The normalized spacial score (nSPS) is 17.3. The third kappa shape index (κ3) is 5.10. The molecular weight excluding hydrogens is 255 g/mol. The van der Waals surface area contributed by atoms with Crippen LogP contribution in [0.2, 0.25) is 0 Å². The number of piperidine rings is 1. The zero-order valence-electron chi connectivity index (χ0n) is 12.1. The molecule has 0 atom stereocenters. The number of hydrogen-bond donors (Lipinski definition) is 1. The standard InChI is InChI=1S/C16H25FN2O/c17-15-3-5-16(6-4-15)20-12-2-1-9-19-10-7-14(13-18)8-11-19/h3-6,14H,1-2,7-13,18H2. The summed E-state index contributed by atoms with van der Waals surface area (Å²) >= 11 is 0. The molecule has 1 aliphatic heterocycles. The second kappa shape index (κ2) is 8.22. The summed E-state index contributed by atoms with van der Waals surface area (Å²) in [5, 5.41) is 0. The minimum Gasteiger partial charge on any atom is -0.494 e. The van der Waals surface area contributed by atoms with Crippen molar-refractivity contribution in [2.75, 3.05) is 32.8 Å². The van der Waals surface area contributed by atoms with E-state index < -0.39 is 0 Å². The van der Waals surface area contributed by atoms with Gasteiger partial charge in [0.1, 0.15) is 11.6 Å². The average molecular weight is 280 g/mol. The van der Waals surface area contributed by atoms with Crippen LogP contribution in [-0.2, 0) is 0 Å². The van der Waals surface area contributed by atoms with Gasteiger partial charge in [-0.15, -0.1) is 0 Å². The Hall–Kier alpha value is -1.13. The largest absolute Gasteiger partial charge is 0.494 e. The number of ether oxygens (including phenoxy) is 1. The Kier molecular flexibility index (Phi) is 6.27. The maximum Gasteiger partial charge on any atom is 0.123 e. The summed E-state index contributed by atoms with van der Waals surface area (Å²) in [7, 11) is 0. The molecule has 112 valence electrons. The molecule has 3 nitrogen and oxygen atoms in total. The summed E-state index contributed by atoms with van der Waals surface area (Å²) in [6.07, 6.45) is 4.66. The summed E-state index contributed by atoms with van der Waals surface area (Å²) in [4.78, 5) is 2.52. The molecule has 1 aromatic rings. The minimum absolute atomic E-state index is 0.224. The van der Waals surface area contributed by atoms with E-state index in [9.17, 15) is 4.39 Å². The van der Waals surface area contributed by atoms with Gasteiger partial charge < -0.3 is 15.4 Å². The molecule has 0 aromatic heterocycles. The lowest BCUT2D eigenvalue weighted by Crippen LogP contribution is -2.36. The highest BCUT2D eigenvalue weighted by molar-refractivity contribution is 5.21. The van der Waals surface area contributed by atoms with E-state index in [0.717, 1.165) is 37.6 Å². The van der Waals surface area contributed by atoms with E-state index in [1.54, 1.807) is 12.1 Å². The monoisotopic (exact) mass is 280 g/mol. The van der Waals surface area contributed by atoms with E-state index >= 15 is 0 Å². The predicted octanol–water partition coefficient (Wildman–Crippen LogP) is 2.66. The van der Waals surface area contributed by atoms with Gasteiger partial charge in [-0.25, -0.2) is 4.39 Å².